The van der Waals surface area contributed by atoms with Crippen molar-refractivity contribution in [2.24, 2.45) is 0 Å². The van der Waals surface area contributed by atoms with Crippen molar-refractivity contribution in [3.63, 3.8) is 0 Å². The lowest BCUT2D eigenvalue weighted by Gasteiger charge is -2.07. The van der Waals surface area contributed by atoms with Gasteiger partial charge in [0.2, 0.25) is 0 Å². The summed E-state index contributed by atoms with van der Waals surface area (Å²) >= 11 is 19.8. The summed E-state index contributed by atoms with van der Waals surface area (Å²) in [5.41, 5.74) is 1.84. The molecule has 1 aromatic carbocycles. The summed E-state index contributed by atoms with van der Waals surface area (Å²) in [7, 11) is 0. The first kappa shape index (κ1) is 14.2. The number of aromatic nitrogens is 2. The summed E-state index contributed by atoms with van der Waals surface area (Å²) in [6.45, 7) is 0.791. The molecule has 0 fully saturated rings. The maximum absolute atomic E-state index is 6.30. The molecular weight excluding hydrogens is 335 g/mol. The van der Waals surface area contributed by atoms with E-state index in [0.717, 1.165) is 34.2 Å². The summed E-state index contributed by atoms with van der Waals surface area (Å²) in [4.78, 5) is 5.77. The molecule has 0 unspecified atom stereocenters. The number of aryl methyl sites for hydroxylation is 2. The maximum atomic E-state index is 6.30. The molecule has 0 amide bonds. The van der Waals surface area contributed by atoms with E-state index >= 15 is 0 Å². The van der Waals surface area contributed by atoms with E-state index in [2.05, 4.69) is 9.55 Å². The summed E-state index contributed by atoms with van der Waals surface area (Å²) in [5.74, 6) is 1.22. The van der Waals surface area contributed by atoms with Crippen LogP contribution in [0, 0.1) is 0 Å². The van der Waals surface area contributed by atoms with E-state index in [1.54, 1.807) is 11.3 Å². The Hall–Kier alpha value is -0.740. The molecule has 0 N–H and O–H groups in total. The predicted molar refractivity (Wildman–Crippen MR) is 87.3 cm³/mol. The fraction of sp³-hybridized carbons (Fsp3) is 0.214. The molecule has 0 aliphatic rings. The van der Waals surface area contributed by atoms with Gasteiger partial charge < -0.3 is 4.57 Å². The summed E-state index contributed by atoms with van der Waals surface area (Å²) in [6.07, 6.45) is 0.887. The van der Waals surface area contributed by atoms with Crippen LogP contribution in [-0.2, 0) is 18.8 Å². The molecule has 2 heterocycles. The normalized spacial score (nSPS) is 11.3. The number of rotatable bonds is 4. The highest BCUT2D eigenvalue weighted by Gasteiger charge is 2.12. The molecule has 0 radical (unpaired) electrons. The van der Waals surface area contributed by atoms with E-state index in [9.17, 15) is 0 Å². The van der Waals surface area contributed by atoms with Crippen LogP contribution in [0.3, 0.4) is 0 Å². The van der Waals surface area contributed by atoms with Gasteiger partial charge in [-0.2, -0.15) is 0 Å². The second-order valence-electron chi connectivity index (χ2n) is 4.38. The van der Waals surface area contributed by atoms with Crippen LogP contribution in [0.15, 0.2) is 30.3 Å². The first-order valence-electron chi connectivity index (χ1n) is 6.13. The lowest BCUT2D eigenvalue weighted by Crippen LogP contribution is -2.04. The molecule has 0 atom stereocenters. The predicted octanol–water partition coefficient (Wildman–Crippen LogP) is 5.39. The zero-order chi connectivity index (χ0) is 14.1. The van der Waals surface area contributed by atoms with Gasteiger partial charge in [0, 0.05) is 11.4 Å². The molecule has 104 valence electrons. The zero-order valence-electron chi connectivity index (χ0n) is 10.4. The molecule has 3 rings (SSSR count). The molecule has 20 heavy (non-hydrogen) atoms. The van der Waals surface area contributed by atoms with Crippen LogP contribution < -0.4 is 0 Å². The van der Waals surface area contributed by atoms with Gasteiger partial charge in [-0.05, 0) is 30.7 Å². The van der Waals surface area contributed by atoms with Gasteiger partial charge in [-0.25, -0.2) is 4.98 Å². The van der Waals surface area contributed by atoms with Crippen LogP contribution in [0.1, 0.15) is 10.7 Å². The van der Waals surface area contributed by atoms with Gasteiger partial charge in [-0.3, -0.25) is 0 Å². The second kappa shape index (κ2) is 5.94. The van der Waals surface area contributed by atoms with Gasteiger partial charge >= 0.3 is 0 Å². The van der Waals surface area contributed by atoms with Crippen molar-refractivity contribution in [2.45, 2.75) is 18.8 Å². The van der Waals surface area contributed by atoms with E-state index in [-0.39, 0.29) is 0 Å². The van der Waals surface area contributed by atoms with Crippen molar-refractivity contribution in [3.05, 3.63) is 50.4 Å². The van der Waals surface area contributed by atoms with E-state index < -0.39 is 0 Å². The number of thiophene rings is 1. The third-order valence-corrected chi connectivity index (χ3v) is 4.96. The first-order chi connectivity index (χ1) is 9.69. The van der Waals surface area contributed by atoms with Gasteiger partial charge in [0.1, 0.15) is 5.82 Å². The Balaban J connectivity index is 1.97. The van der Waals surface area contributed by atoms with E-state index in [0.29, 0.717) is 10.9 Å². The Morgan fingerprint density at radius 2 is 2.00 bits per heavy atom. The highest BCUT2D eigenvalue weighted by atomic mass is 35.5. The lowest BCUT2D eigenvalue weighted by molar-refractivity contribution is 0.693. The number of alkyl halides is 1. The number of imidazole rings is 1. The summed E-state index contributed by atoms with van der Waals surface area (Å²) < 4.78 is 2.91. The van der Waals surface area contributed by atoms with Crippen LogP contribution in [0.25, 0.3) is 11.0 Å². The monoisotopic (exact) mass is 344 g/mol. The molecular formula is C14H11Cl3N2S. The van der Waals surface area contributed by atoms with Crippen molar-refractivity contribution in [2.75, 3.05) is 0 Å². The molecule has 6 heteroatoms. The summed E-state index contributed by atoms with van der Waals surface area (Å²) in [6, 6.07) is 9.70. The quantitative estimate of drug-likeness (QED) is 0.580. The van der Waals surface area contributed by atoms with Crippen LogP contribution in [0.2, 0.25) is 9.36 Å². The Morgan fingerprint density at radius 3 is 2.70 bits per heavy atom. The van der Waals surface area contributed by atoms with Crippen molar-refractivity contribution < 1.29 is 0 Å². The van der Waals surface area contributed by atoms with Gasteiger partial charge in [-0.15, -0.1) is 22.9 Å². The Kier molecular flexibility index (Phi) is 4.22. The molecule has 0 saturated heterocycles. The maximum Gasteiger partial charge on any atom is 0.124 e. The molecule has 0 spiro atoms. The van der Waals surface area contributed by atoms with E-state index in [4.69, 9.17) is 34.8 Å². The van der Waals surface area contributed by atoms with Crippen molar-refractivity contribution in [1.82, 2.24) is 9.55 Å². The van der Waals surface area contributed by atoms with Crippen LogP contribution in [-0.4, -0.2) is 9.55 Å². The molecule has 0 aliphatic carbocycles. The minimum Gasteiger partial charge on any atom is -0.325 e. The lowest BCUT2D eigenvalue weighted by atomic mass is 10.3. The molecule has 0 aliphatic heterocycles. The highest BCUT2D eigenvalue weighted by molar-refractivity contribution is 7.16. The van der Waals surface area contributed by atoms with Crippen LogP contribution in [0.5, 0.6) is 0 Å². The SMILES string of the molecule is ClCc1nc2cccc(Cl)c2n1CCc1ccc(Cl)s1. The number of benzene rings is 1. The fourth-order valence-corrected chi connectivity index (χ4v) is 3.79. The average molecular weight is 346 g/mol. The van der Waals surface area contributed by atoms with Gasteiger partial charge in [-0.1, -0.05) is 29.3 Å². The number of hydrogen-bond donors (Lipinski definition) is 0. The van der Waals surface area contributed by atoms with E-state index in [1.165, 1.54) is 4.88 Å². The number of fused-ring (bicyclic) bond motifs is 1. The fourth-order valence-electron chi connectivity index (χ4n) is 2.24. The third kappa shape index (κ3) is 2.68. The molecule has 0 bridgehead atoms. The number of para-hydroxylation sites is 1. The van der Waals surface area contributed by atoms with Gasteiger partial charge in [0.05, 0.1) is 26.3 Å². The van der Waals surface area contributed by atoms with E-state index in [1.807, 2.05) is 30.3 Å². The first-order valence-corrected chi connectivity index (χ1v) is 8.23. The van der Waals surface area contributed by atoms with Crippen LogP contribution in [0.4, 0.5) is 0 Å². The minimum absolute atomic E-state index is 0.371. The molecule has 3 aromatic rings. The van der Waals surface area contributed by atoms with Crippen LogP contribution >= 0.6 is 46.1 Å². The number of nitrogens with zero attached hydrogens (tertiary/aromatic N) is 2. The average Bonchev–Trinajstić information content (AvgIpc) is 3.00. The van der Waals surface area contributed by atoms with Crippen molar-refractivity contribution in [1.29, 1.82) is 0 Å². The third-order valence-electron chi connectivity index (χ3n) is 3.13. The van der Waals surface area contributed by atoms with Gasteiger partial charge in [0.25, 0.3) is 0 Å². The highest BCUT2D eigenvalue weighted by Crippen LogP contribution is 2.27. The number of halogens is 3. The number of hydrogen-bond acceptors (Lipinski definition) is 2. The molecule has 0 saturated carbocycles. The Labute approximate surface area is 135 Å². The largest absolute Gasteiger partial charge is 0.325 e. The van der Waals surface area contributed by atoms with Crippen molar-refractivity contribution >= 4 is 57.2 Å². The molecule has 2 aromatic heterocycles. The molecule has 2 nitrogen and oxygen atoms in total. The zero-order valence-corrected chi connectivity index (χ0v) is 13.5. The van der Waals surface area contributed by atoms with Crippen molar-refractivity contribution in [3.8, 4) is 0 Å². The van der Waals surface area contributed by atoms with Gasteiger partial charge in [0.15, 0.2) is 0 Å². The summed E-state index contributed by atoms with van der Waals surface area (Å²) in [5, 5.41) is 0.704. The second-order valence-corrected chi connectivity index (χ2v) is 6.85. The topological polar surface area (TPSA) is 17.8 Å². The Morgan fingerprint density at radius 1 is 1.15 bits per heavy atom. The standard InChI is InChI=1S/C14H11Cl3N2S/c15-8-13-18-11-3-1-2-10(16)14(11)19(13)7-6-9-4-5-12(17)20-9/h1-5H,6-8H2. The smallest absolute Gasteiger partial charge is 0.124 e. The Bertz CT molecular complexity index is 748. The minimum atomic E-state index is 0.371.